The number of carbonyl (C=O) groups is 1. The second kappa shape index (κ2) is 8.56. The van der Waals surface area contributed by atoms with E-state index in [0.717, 1.165) is 41.9 Å². The molecule has 0 spiro atoms. The Morgan fingerprint density at radius 3 is 2.56 bits per heavy atom. The lowest BCUT2D eigenvalue weighted by Gasteiger charge is -2.37. The van der Waals surface area contributed by atoms with Crippen LogP contribution in [0.5, 0.6) is 11.5 Å². The first-order chi connectivity index (χ1) is 11.8. The van der Waals surface area contributed by atoms with Gasteiger partial charge in [-0.3, -0.25) is 4.79 Å². The molecule has 3 atom stereocenters. The maximum absolute atomic E-state index is 11.6. The average molecular weight is 349 g/mol. The molecule has 0 saturated carbocycles. The van der Waals surface area contributed by atoms with Crippen LogP contribution in [0.3, 0.4) is 0 Å². The summed E-state index contributed by atoms with van der Waals surface area (Å²) in [4.78, 5) is 11.6. The van der Waals surface area contributed by atoms with Crippen LogP contribution in [0.15, 0.2) is 12.1 Å². The van der Waals surface area contributed by atoms with Crippen molar-refractivity contribution in [2.75, 3.05) is 14.2 Å². The van der Waals surface area contributed by atoms with E-state index in [9.17, 15) is 4.79 Å². The smallest absolute Gasteiger partial charge is 0.217 e. The molecule has 1 saturated heterocycles. The quantitative estimate of drug-likeness (QED) is 0.849. The van der Waals surface area contributed by atoms with Crippen LogP contribution in [0.4, 0.5) is 0 Å². The molecule has 1 heterocycles. The van der Waals surface area contributed by atoms with Crippen LogP contribution in [-0.4, -0.2) is 32.3 Å². The molecule has 140 valence electrons. The predicted molar refractivity (Wildman–Crippen MR) is 98.2 cm³/mol. The van der Waals surface area contributed by atoms with Crippen LogP contribution in [0.25, 0.3) is 0 Å². The van der Waals surface area contributed by atoms with Crippen molar-refractivity contribution >= 4 is 5.91 Å². The monoisotopic (exact) mass is 349 g/mol. The first-order valence-corrected chi connectivity index (χ1v) is 8.99. The third kappa shape index (κ3) is 4.88. The summed E-state index contributed by atoms with van der Waals surface area (Å²) < 4.78 is 17.5. The molecule has 0 bridgehead atoms. The molecule has 1 aromatic rings. The van der Waals surface area contributed by atoms with Gasteiger partial charge in [-0.15, -0.1) is 0 Å². The summed E-state index contributed by atoms with van der Waals surface area (Å²) >= 11 is 0. The maximum Gasteiger partial charge on any atom is 0.217 e. The molecule has 1 N–H and O–H groups in total. The molecule has 0 unspecified atom stereocenters. The van der Waals surface area contributed by atoms with E-state index in [1.807, 2.05) is 19.1 Å². The van der Waals surface area contributed by atoms with E-state index in [4.69, 9.17) is 14.2 Å². The van der Waals surface area contributed by atoms with Crippen molar-refractivity contribution in [3.8, 4) is 11.5 Å². The van der Waals surface area contributed by atoms with Gasteiger partial charge in [-0.2, -0.15) is 0 Å². The van der Waals surface area contributed by atoms with E-state index < -0.39 is 0 Å². The van der Waals surface area contributed by atoms with Crippen molar-refractivity contribution in [2.24, 2.45) is 5.92 Å². The number of benzene rings is 1. The SMILES string of the molecule is COc1ccc([C@H]2C[C@@H](NC(C)=O)C[C@@H](CC(C)C)O2)c(OC)c1C. The lowest BCUT2D eigenvalue weighted by atomic mass is 9.89. The highest BCUT2D eigenvalue weighted by atomic mass is 16.5. The van der Waals surface area contributed by atoms with Crippen LogP contribution >= 0.6 is 0 Å². The van der Waals surface area contributed by atoms with Gasteiger partial charge < -0.3 is 19.5 Å². The molecule has 1 fully saturated rings. The van der Waals surface area contributed by atoms with Gasteiger partial charge in [0.15, 0.2) is 0 Å². The molecular weight excluding hydrogens is 318 g/mol. The van der Waals surface area contributed by atoms with E-state index >= 15 is 0 Å². The predicted octanol–water partition coefficient (Wildman–Crippen LogP) is 3.78. The molecule has 5 heteroatoms. The van der Waals surface area contributed by atoms with E-state index in [0.29, 0.717) is 5.92 Å². The van der Waals surface area contributed by atoms with Gasteiger partial charge in [-0.05, 0) is 44.2 Å². The first-order valence-electron chi connectivity index (χ1n) is 8.99. The minimum atomic E-state index is -0.103. The standard InChI is InChI=1S/C20H31NO4/c1-12(2)9-16-10-15(21-14(4)22)11-19(25-16)17-7-8-18(23-5)13(3)20(17)24-6/h7-8,12,15-16,19H,9-11H2,1-6H3,(H,21,22)/t15-,16+,19+/m0/s1. The molecule has 0 aromatic heterocycles. The van der Waals surface area contributed by atoms with Gasteiger partial charge in [0.25, 0.3) is 0 Å². The Bertz CT molecular complexity index is 600. The Kier molecular flexibility index (Phi) is 6.71. The lowest BCUT2D eigenvalue weighted by molar-refractivity contribution is -0.122. The zero-order chi connectivity index (χ0) is 18.6. The third-order valence-corrected chi connectivity index (χ3v) is 4.70. The van der Waals surface area contributed by atoms with Crippen molar-refractivity contribution in [3.63, 3.8) is 0 Å². The van der Waals surface area contributed by atoms with E-state index in [2.05, 4.69) is 19.2 Å². The molecule has 5 nitrogen and oxygen atoms in total. The Balaban J connectivity index is 2.31. The number of carbonyl (C=O) groups excluding carboxylic acids is 1. The van der Waals surface area contributed by atoms with Gasteiger partial charge in [0.2, 0.25) is 5.91 Å². The van der Waals surface area contributed by atoms with Crippen molar-refractivity contribution in [3.05, 3.63) is 23.3 Å². The maximum atomic E-state index is 11.6. The molecule has 25 heavy (non-hydrogen) atoms. The largest absolute Gasteiger partial charge is 0.496 e. The van der Waals surface area contributed by atoms with E-state index in [1.54, 1.807) is 21.1 Å². The molecule has 1 aromatic carbocycles. The normalized spacial score (nSPS) is 23.4. The van der Waals surface area contributed by atoms with Crippen molar-refractivity contribution in [1.82, 2.24) is 5.32 Å². The number of amides is 1. The molecule has 2 rings (SSSR count). The second-order valence-electron chi connectivity index (χ2n) is 7.26. The Labute approximate surface area is 151 Å². The summed E-state index contributed by atoms with van der Waals surface area (Å²) in [5.41, 5.74) is 1.98. The van der Waals surface area contributed by atoms with Crippen LogP contribution in [-0.2, 0) is 9.53 Å². The molecule has 0 radical (unpaired) electrons. The second-order valence-corrected chi connectivity index (χ2v) is 7.26. The van der Waals surface area contributed by atoms with Gasteiger partial charge in [0.1, 0.15) is 11.5 Å². The number of nitrogens with one attached hydrogen (secondary N) is 1. The van der Waals surface area contributed by atoms with E-state index in [1.165, 1.54) is 0 Å². The topological polar surface area (TPSA) is 56.8 Å². The van der Waals surface area contributed by atoms with Gasteiger partial charge in [0, 0.05) is 24.1 Å². The Morgan fingerprint density at radius 2 is 2.00 bits per heavy atom. The molecular formula is C20H31NO4. The summed E-state index contributed by atoms with van der Waals surface area (Å²) in [6, 6.07) is 4.08. The van der Waals surface area contributed by atoms with Crippen LogP contribution in [0, 0.1) is 12.8 Å². The summed E-state index contributed by atoms with van der Waals surface area (Å²) in [5.74, 6) is 2.15. The molecule has 1 aliphatic rings. The fourth-order valence-corrected chi connectivity index (χ4v) is 3.74. The van der Waals surface area contributed by atoms with Crippen LogP contribution < -0.4 is 14.8 Å². The highest BCUT2D eigenvalue weighted by Crippen LogP contribution is 2.41. The molecule has 0 aliphatic carbocycles. The number of rotatable bonds is 6. The zero-order valence-corrected chi connectivity index (χ0v) is 16.2. The van der Waals surface area contributed by atoms with Crippen LogP contribution in [0.2, 0.25) is 0 Å². The van der Waals surface area contributed by atoms with Crippen molar-refractivity contribution in [1.29, 1.82) is 0 Å². The highest BCUT2D eigenvalue weighted by molar-refractivity contribution is 5.73. The summed E-state index contributed by atoms with van der Waals surface area (Å²) in [6.07, 6.45) is 2.60. The molecule has 1 amide bonds. The zero-order valence-electron chi connectivity index (χ0n) is 16.2. The van der Waals surface area contributed by atoms with Gasteiger partial charge in [-0.1, -0.05) is 13.8 Å². The Morgan fingerprint density at radius 1 is 1.28 bits per heavy atom. The van der Waals surface area contributed by atoms with E-state index in [-0.39, 0.29) is 24.2 Å². The summed E-state index contributed by atoms with van der Waals surface area (Å²) in [6.45, 7) is 7.94. The average Bonchev–Trinajstić information content (AvgIpc) is 2.52. The van der Waals surface area contributed by atoms with Crippen LogP contribution in [0.1, 0.15) is 57.3 Å². The summed E-state index contributed by atoms with van der Waals surface area (Å²) in [5, 5.41) is 3.07. The fraction of sp³-hybridized carbons (Fsp3) is 0.650. The van der Waals surface area contributed by atoms with Crippen molar-refractivity contribution in [2.45, 2.75) is 65.2 Å². The third-order valence-electron chi connectivity index (χ3n) is 4.70. The highest BCUT2D eigenvalue weighted by Gasteiger charge is 2.33. The van der Waals surface area contributed by atoms with Gasteiger partial charge >= 0.3 is 0 Å². The number of hydrogen-bond donors (Lipinski definition) is 1. The fourth-order valence-electron chi connectivity index (χ4n) is 3.74. The minimum absolute atomic E-state index is 0.00632. The van der Waals surface area contributed by atoms with Gasteiger partial charge in [-0.25, -0.2) is 0 Å². The first kappa shape index (κ1) is 19.6. The number of ether oxygens (including phenoxy) is 3. The lowest BCUT2D eigenvalue weighted by Crippen LogP contribution is -2.42. The minimum Gasteiger partial charge on any atom is -0.496 e. The number of hydrogen-bond acceptors (Lipinski definition) is 4. The molecule has 1 aliphatic heterocycles. The Hall–Kier alpha value is -1.75. The van der Waals surface area contributed by atoms with Crippen molar-refractivity contribution < 1.29 is 19.0 Å². The number of methoxy groups -OCH3 is 2. The van der Waals surface area contributed by atoms with Gasteiger partial charge in [0.05, 0.1) is 26.4 Å². The summed E-state index contributed by atoms with van der Waals surface area (Å²) in [7, 11) is 3.33.